The molecule has 0 saturated carbocycles. The van der Waals surface area contributed by atoms with Gasteiger partial charge in [0.05, 0.1) is 19.0 Å². The number of nitrogens with two attached hydrogens (primary N) is 1. The summed E-state index contributed by atoms with van der Waals surface area (Å²) in [4.78, 5) is 14.0. The van der Waals surface area contributed by atoms with Crippen LogP contribution in [0.3, 0.4) is 0 Å². The lowest BCUT2D eigenvalue weighted by molar-refractivity contribution is -0.132. The fourth-order valence-electron chi connectivity index (χ4n) is 2.70. The zero-order chi connectivity index (χ0) is 18.5. The normalized spacial score (nSPS) is 14.5. The second-order valence-electron chi connectivity index (χ2n) is 6.16. The molecule has 0 spiro atoms. The summed E-state index contributed by atoms with van der Waals surface area (Å²) >= 11 is 1.27. The fourth-order valence-corrected chi connectivity index (χ4v) is 3.48. The number of morpholine rings is 1. The minimum Gasteiger partial charge on any atom is -0.486 e. The third-order valence-corrected chi connectivity index (χ3v) is 4.91. The monoisotopic (exact) mass is 377 g/mol. The maximum atomic E-state index is 12.2. The van der Waals surface area contributed by atoms with Crippen molar-refractivity contribution in [1.82, 2.24) is 19.8 Å². The first-order valence-electron chi connectivity index (χ1n) is 8.41. The number of rotatable bonds is 6. The maximum Gasteiger partial charge on any atom is 0.233 e. The van der Waals surface area contributed by atoms with Crippen LogP contribution in [0, 0.1) is 13.8 Å². The standard InChI is InChI=1S/C17H23N5O3S/c1-12-7-13(2)9-14(8-12)25-10-15-19-20-17(22(15)18)26-11-16(23)21-3-5-24-6-4-21/h7-9H,3-6,10-11,18H2,1-2H3. The molecule has 0 unspecified atom stereocenters. The molecule has 26 heavy (non-hydrogen) atoms. The van der Waals surface area contributed by atoms with E-state index < -0.39 is 0 Å². The molecular weight excluding hydrogens is 354 g/mol. The van der Waals surface area contributed by atoms with Gasteiger partial charge in [-0.1, -0.05) is 17.8 Å². The number of ether oxygens (including phenoxy) is 2. The van der Waals surface area contributed by atoms with Gasteiger partial charge in [-0.05, 0) is 37.1 Å². The lowest BCUT2D eigenvalue weighted by atomic mass is 10.1. The average Bonchev–Trinajstić information content (AvgIpc) is 2.98. The van der Waals surface area contributed by atoms with Crippen molar-refractivity contribution in [3.8, 4) is 5.75 Å². The fraction of sp³-hybridized carbons (Fsp3) is 0.471. The number of hydrogen-bond acceptors (Lipinski definition) is 7. The van der Waals surface area contributed by atoms with Crippen LogP contribution in [-0.2, 0) is 16.1 Å². The summed E-state index contributed by atoms with van der Waals surface area (Å²) in [5, 5.41) is 8.61. The Bertz CT molecular complexity index is 754. The molecule has 2 N–H and O–H groups in total. The van der Waals surface area contributed by atoms with E-state index in [2.05, 4.69) is 16.3 Å². The number of benzene rings is 1. The average molecular weight is 377 g/mol. The summed E-state index contributed by atoms with van der Waals surface area (Å²) < 4.78 is 12.4. The molecule has 0 atom stereocenters. The van der Waals surface area contributed by atoms with Crippen LogP contribution in [0.4, 0.5) is 0 Å². The zero-order valence-corrected chi connectivity index (χ0v) is 15.8. The van der Waals surface area contributed by atoms with Crippen molar-refractivity contribution in [2.24, 2.45) is 0 Å². The number of hydrogen-bond donors (Lipinski definition) is 1. The van der Waals surface area contributed by atoms with Crippen molar-refractivity contribution < 1.29 is 14.3 Å². The van der Waals surface area contributed by atoms with Crippen LogP contribution in [0.5, 0.6) is 5.75 Å². The number of nitrogens with zero attached hydrogens (tertiary/aromatic N) is 4. The van der Waals surface area contributed by atoms with Gasteiger partial charge >= 0.3 is 0 Å². The molecule has 1 aliphatic heterocycles. The highest BCUT2D eigenvalue weighted by Gasteiger charge is 2.19. The molecule has 2 heterocycles. The van der Waals surface area contributed by atoms with E-state index in [1.54, 1.807) is 4.90 Å². The van der Waals surface area contributed by atoms with E-state index in [0.29, 0.717) is 37.3 Å². The van der Waals surface area contributed by atoms with Crippen molar-refractivity contribution in [1.29, 1.82) is 0 Å². The molecule has 1 amide bonds. The predicted octanol–water partition coefficient (Wildman–Crippen LogP) is 1.14. The highest BCUT2D eigenvalue weighted by molar-refractivity contribution is 7.99. The Morgan fingerprint density at radius 2 is 1.92 bits per heavy atom. The third-order valence-electron chi connectivity index (χ3n) is 3.99. The lowest BCUT2D eigenvalue weighted by Crippen LogP contribution is -2.41. The van der Waals surface area contributed by atoms with Crippen LogP contribution in [-0.4, -0.2) is 57.7 Å². The van der Waals surface area contributed by atoms with E-state index in [1.165, 1.54) is 16.4 Å². The largest absolute Gasteiger partial charge is 0.486 e. The first-order chi connectivity index (χ1) is 12.5. The van der Waals surface area contributed by atoms with Crippen LogP contribution in [0.2, 0.25) is 0 Å². The number of aryl methyl sites for hydroxylation is 2. The Labute approximate surface area is 156 Å². The summed E-state index contributed by atoms with van der Waals surface area (Å²) in [6.07, 6.45) is 0. The Morgan fingerprint density at radius 3 is 2.62 bits per heavy atom. The van der Waals surface area contributed by atoms with Gasteiger partial charge in [-0.25, -0.2) is 4.68 Å². The molecule has 1 aliphatic rings. The van der Waals surface area contributed by atoms with Crippen LogP contribution < -0.4 is 10.6 Å². The molecule has 0 radical (unpaired) electrons. The number of nitrogen functional groups attached to an aromatic ring is 1. The van der Waals surface area contributed by atoms with Gasteiger partial charge in [0.1, 0.15) is 12.4 Å². The van der Waals surface area contributed by atoms with Crippen molar-refractivity contribution in [3.63, 3.8) is 0 Å². The summed E-state index contributed by atoms with van der Waals surface area (Å²) in [6.45, 7) is 6.68. The molecule has 140 valence electrons. The van der Waals surface area contributed by atoms with Gasteiger partial charge < -0.3 is 20.2 Å². The van der Waals surface area contributed by atoms with Crippen molar-refractivity contribution in [2.75, 3.05) is 37.9 Å². The van der Waals surface area contributed by atoms with E-state index >= 15 is 0 Å². The lowest BCUT2D eigenvalue weighted by Gasteiger charge is -2.26. The number of carbonyl (C=O) groups excluding carboxylic acids is 1. The smallest absolute Gasteiger partial charge is 0.233 e. The van der Waals surface area contributed by atoms with Gasteiger partial charge in [-0.2, -0.15) is 0 Å². The van der Waals surface area contributed by atoms with Gasteiger partial charge in [-0.3, -0.25) is 4.79 Å². The van der Waals surface area contributed by atoms with E-state index in [1.807, 2.05) is 26.0 Å². The Morgan fingerprint density at radius 1 is 1.23 bits per heavy atom. The molecule has 1 aromatic heterocycles. The first-order valence-corrected chi connectivity index (χ1v) is 9.40. The molecular formula is C17H23N5O3S. The van der Waals surface area contributed by atoms with Crippen LogP contribution in [0.15, 0.2) is 23.4 Å². The summed E-state index contributed by atoms with van der Waals surface area (Å²) in [6, 6.07) is 6.00. The Hall–Kier alpha value is -2.26. The van der Waals surface area contributed by atoms with Crippen LogP contribution >= 0.6 is 11.8 Å². The quantitative estimate of drug-likeness (QED) is 0.596. The minimum absolute atomic E-state index is 0.0503. The Kier molecular flexibility index (Phi) is 6.00. The molecule has 1 aromatic carbocycles. The highest BCUT2D eigenvalue weighted by Crippen LogP contribution is 2.19. The minimum atomic E-state index is 0.0503. The van der Waals surface area contributed by atoms with Gasteiger partial charge in [0.25, 0.3) is 0 Å². The van der Waals surface area contributed by atoms with Gasteiger partial charge in [-0.15, -0.1) is 10.2 Å². The second-order valence-corrected chi connectivity index (χ2v) is 7.11. The second kappa shape index (κ2) is 8.41. The van der Waals surface area contributed by atoms with Crippen molar-refractivity contribution in [3.05, 3.63) is 35.2 Å². The van der Waals surface area contributed by atoms with E-state index in [0.717, 1.165) is 16.9 Å². The molecule has 2 aromatic rings. The molecule has 1 fully saturated rings. The van der Waals surface area contributed by atoms with Crippen LogP contribution in [0.25, 0.3) is 0 Å². The number of carbonyl (C=O) groups is 1. The van der Waals surface area contributed by atoms with E-state index in [9.17, 15) is 4.79 Å². The van der Waals surface area contributed by atoms with E-state index in [4.69, 9.17) is 15.3 Å². The summed E-state index contributed by atoms with van der Waals surface area (Å²) in [5.41, 5.74) is 2.26. The molecule has 3 rings (SSSR count). The SMILES string of the molecule is Cc1cc(C)cc(OCc2nnc(SCC(=O)N3CCOCC3)n2N)c1. The molecule has 1 saturated heterocycles. The summed E-state index contributed by atoms with van der Waals surface area (Å²) in [5.74, 6) is 7.63. The number of amides is 1. The van der Waals surface area contributed by atoms with Crippen molar-refractivity contribution >= 4 is 17.7 Å². The molecule has 0 aliphatic carbocycles. The molecule has 9 heteroatoms. The maximum absolute atomic E-state index is 12.2. The van der Waals surface area contributed by atoms with Crippen LogP contribution in [0.1, 0.15) is 17.0 Å². The number of thioether (sulfide) groups is 1. The zero-order valence-electron chi connectivity index (χ0n) is 15.0. The highest BCUT2D eigenvalue weighted by atomic mass is 32.2. The summed E-state index contributed by atoms with van der Waals surface area (Å²) in [7, 11) is 0. The number of aromatic nitrogens is 3. The van der Waals surface area contributed by atoms with Gasteiger partial charge in [0.15, 0.2) is 5.82 Å². The topological polar surface area (TPSA) is 95.5 Å². The van der Waals surface area contributed by atoms with Gasteiger partial charge in [0, 0.05) is 13.1 Å². The third kappa shape index (κ3) is 4.67. The molecule has 8 nitrogen and oxygen atoms in total. The van der Waals surface area contributed by atoms with Crippen molar-refractivity contribution in [2.45, 2.75) is 25.6 Å². The first kappa shape index (κ1) is 18.5. The van der Waals surface area contributed by atoms with Gasteiger partial charge in [0.2, 0.25) is 11.1 Å². The predicted molar refractivity (Wildman–Crippen MR) is 98.5 cm³/mol. The Balaban J connectivity index is 1.54. The molecule has 0 bridgehead atoms. The van der Waals surface area contributed by atoms with E-state index in [-0.39, 0.29) is 18.3 Å².